The first-order chi connectivity index (χ1) is 13.1. The van der Waals surface area contributed by atoms with E-state index in [9.17, 15) is 22.8 Å². The maximum Gasteiger partial charge on any atom is 0.418 e. The Morgan fingerprint density at radius 2 is 1.93 bits per heavy atom. The average molecular weight is 419 g/mol. The predicted molar refractivity (Wildman–Crippen MR) is 94.4 cm³/mol. The van der Waals surface area contributed by atoms with Crippen molar-refractivity contribution in [3.05, 3.63) is 0 Å². The van der Waals surface area contributed by atoms with Crippen molar-refractivity contribution in [1.82, 2.24) is 26.1 Å². The zero-order chi connectivity index (χ0) is 20.6. The summed E-state index contributed by atoms with van der Waals surface area (Å²) in [7, 11) is -4.84. The molecule has 0 aromatic rings. The van der Waals surface area contributed by atoms with E-state index in [2.05, 4.69) is 34.3 Å². The molecule has 0 spiro atoms. The van der Waals surface area contributed by atoms with E-state index in [1.54, 1.807) is 0 Å². The molecule has 3 aliphatic rings. The first-order valence-corrected chi connectivity index (χ1v) is 10.5. The van der Waals surface area contributed by atoms with Gasteiger partial charge in [0, 0.05) is 6.54 Å². The van der Waals surface area contributed by atoms with Gasteiger partial charge in [0.25, 0.3) is 11.8 Å². The zero-order valence-electron chi connectivity index (χ0n) is 15.6. The number of carbonyl (C=O) groups is 3. The normalized spacial score (nSPS) is 30.1. The van der Waals surface area contributed by atoms with Crippen LogP contribution in [0.25, 0.3) is 0 Å². The van der Waals surface area contributed by atoms with E-state index in [1.807, 2.05) is 0 Å². The van der Waals surface area contributed by atoms with Gasteiger partial charge in [0.15, 0.2) is 0 Å². The van der Waals surface area contributed by atoms with Crippen LogP contribution in [0.5, 0.6) is 0 Å². The van der Waals surface area contributed by atoms with Gasteiger partial charge in [-0.3, -0.25) is 25.0 Å². The lowest BCUT2D eigenvalue weighted by molar-refractivity contribution is -0.132. The highest BCUT2D eigenvalue weighted by Crippen LogP contribution is 2.30. The second-order valence-corrected chi connectivity index (χ2v) is 8.69. The SMILES string of the molecule is CC(C)C1CNC(C(=O)NNC(=O)[C@@H]2CCC3CN2C(=O)N3OS(=O)(=O)O)C1. The predicted octanol–water partition coefficient (Wildman–Crippen LogP) is -1.23. The quantitative estimate of drug-likeness (QED) is 0.319. The van der Waals surface area contributed by atoms with Crippen LogP contribution in [0.1, 0.15) is 33.1 Å². The lowest BCUT2D eigenvalue weighted by Crippen LogP contribution is -2.56. The molecule has 0 radical (unpaired) electrons. The first-order valence-electron chi connectivity index (χ1n) is 9.16. The van der Waals surface area contributed by atoms with Crippen molar-refractivity contribution in [2.75, 3.05) is 13.1 Å². The van der Waals surface area contributed by atoms with Gasteiger partial charge in [-0.15, -0.1) is 4.28 Å². The third-order valence-corrected chi connectivity index (χ3v) is 5.88. The highest BCUT2D eigenvalue weighted by atomic mass is 32.3. The molecule has 3 unspecified atom stereocenters. The molecule has 0 aromatic carbocycles. The van der Waals surface area contributed by atoms with Gasteiger partial charge in [-0.2, -0.15) is 13.5 Å². The molecule has 4 N–H and O–H groups in total. The first kappa shape index (κ1) is 20.8. The molecule has 3 aliphatic heterocycles. The lowest BCUT2D eigenvalue weighted by atomic mass is 9.93. The molecule has 0 aliphatic carbocycles. The minimum atomic E-state index is -4.84. The van der Waals surface area contributed by atoms with Crippen LogP contribution in [0.2, 0.25) is 0 Å². The Morgan fingerprint density at radius 3 is 2.54 bits per heavy atom. The van der Waals surface area contributed by atoms with E-state index in [1.165, 1.54) is 0 Å². The summed E-state index contributed by atoms with van der Waals surface area (Å²) >= 11 is 0. The number of fused-ring (bicyclic) bond motifs is 2. The fraction of sp³-hybridized carbons (Fsp3) is 0.800. The molecule has 13 heteroatoms. The largest absolute Gasteiger partial charge is 0.418 e. The summed E-state index contributed by atoms with van der Waals surface area (Å²) in [5.41, 5.74) is 4.72. The van der Waals surface area contributed by atoms with Crippen LogP contribution in [0.15, 0.2) is 0 Å². The maximum atomic E-state index is 12.4. The number of hydrazine groups is 1. The zero-order valence-corrected chi connectivity index (χ0v) is 16.4. The summed E-state index contributed by atoms with van der Waals surface area (Å²) in [6.45, 7) is 5.00. The second kappa shape index (κ2) is 7.81. The minimum absolute atomic E-state index is 0.0840. The summed E-state index contributed by atoms with van der Waals surface area (Å²) < 4.78 is 34.9. The van der Waals surface area contributed by atoms with Crippen molar-refractivity contribution in [3.8, 4) is 0 Å². The molecule has 3 saturated heterocycles. The lowest BCUT2D eigenvalue weighted by Gasteiger charge is -2.29. The fourth-order valence-corrected chi connectivity index (χ4v) is 4.26. The molecule has 3 rings (SSSR count). The van der Waals surface area contributed by atoms with Crippen LogP contribution < -0.4 is 16.2 Å². The molecule has 158 valence electrons. The van der Waals surface area contributed by atoms with Crippen molar-refractivity contribution in [1.29, 1.82) is 0 Å². The van der Waals surface area contributed by atoms with E-state index < -0.39 is 40.5 Å². The number of nitrogens with zero attached hydrogens (tertiary/aromatic N) is 2. The number of rotatable bonds is 5. The Balaban J connectivity index is 1.53. The highest BCUT2D eigenvalue weighted by molar-refractivity contribution is 7.80. The monoisotopic (exact) mass is 419 g/mol. The van der Waals surface area contributed by atoms with Crippen molar-refractivity contribution in [3.63, 3.8) is 0 Å². The van der Waals surface area contributed by atoms with Gasteiger partial charge in [-0.05, 0) is 37.6 Å². The molecule has 0 saturated carbocycles. The van der Waals surface area contributed by atoms with E-state index in [0.717, 1.165) is 11.4 Å². The van der Waals surface area contributed by atoms with Gasteiger partial charge in [-0.1, -0.05) is 13.8 Å². The molecular weight excluding hydrogens is 394 g/mol. The summed E-state index contributed by atoms with van der Waals surface area (Å²) in [6.07, 6.45) is 1.25. The van der Waals surface area contributed by atoms with Crippen LogP contribution in [0.3, 0.4) is 0 Å². The number of carbonyl (C=O) groups excluding carboxylic acids is 3. The average Bonchev–Trinajstić information content (AvgIpc) is 3.19. The molecular formula is C15H25N5O7S. The number of hydrogen-bond donors (Lipinski definition) is 4. The maximum absolute atomic E-state index is 12.4. The van der Waals surface area contributed by atoms with Gasteiger partial charge >= 0.3 is 16.4 Å². The smallest absolute Gasteiger partial charge is 0.309 e. The van der Waals surface area contributed by atoms with Gasteiger partial charge in [-0.25, -0.2) is 4.79 Å². The number of hydrogen-bond acceptors (Lipinski definition) is 7. The van der Waals surface area contributed by atoms with E-state index in [4.69, 9.17) is 4.55 Å². The Kier molecular flexibility index (Phi) is 5.79. The standard InChI is InChI=1S/C15H25N5O7S/c1-8(2)9-5-11(16-6-9)13(21)17-18-14(22)12-4-3-10-7-19(12)15(23)20(10)27-28(24,25)26/h8-12,16H,3-7H2,1-2H3,(H,17,21)(H,18,22)(H,24,25,26)/t9?,10?,11?,12-/m0/s1. The van der Waals surface area contributed by atoms with Crippen molar-refractivity contribution >= 4 is 28.2 Å². The van der Waals surface area contributed by atoms with Gasteiger partial charge in [0.05, 0.1) is 12.1 Å². The molecule has 3 heterocycles. The molecule has 4 amide bonds. The molecule has 4 atom stereocenters. The van der Waals surface area contributed by atoms with Crippen molar-refractivity contribution in [2.24, 2.45) is 11.8 Å². The minimum Gasteiger partial charge on any atom is -0.309 e. The summed E-state index contributed by atoms with van der Waals surface area (Å²) in [4.78, 5) is 38.1. The van der Waals surface area contributed by atoms with Crippen molar-refractivity contribution in [2.45, 2.75) is 51.2 Å². The summed E-state index contributed by atoms with van der Waals surface area (Å²) in [5.74, 6) is -0.0941. The number of nitrogens with one attached hydrogen (secondary N) is 3. The topological polar surface area (TPSA) is 157 Å². The van der Waals surface area contributed by atoms with Crippen LogP contribution in [-0.2, 0) is 24.3 Å². The molecule has 12 nitrogen and oxygen atoms in total. The highest BCUT2D eigenvalue weighted by Gasteiger charge is 2.49. The van der Waals surface area contributed by atoms with E-state index >= 15 is 0 Å². The number of urea groups is 1. The molecule has 0 aromatic heterocycles. The fourth-order valence-electron chi connectivity index (χ4n) is 3.87. The molecule has 2 bridgehead atoms. The van der Waals surface area contributed by atoms with Crippen LogP contribution in [0, 0.1) is 11.8 Å². The number of amides is 4. The Bertz CT molecular complexity index is 758. The Labute approximate surface area is 162 Å². The van der Waals surface area contributed by atoms with Crippen LogP contribution >= 0.6 is 0 Å². The Morgan fingerprint density at radius 1 is 1.25 bits per heavy atom. The van der Waals surface area contributed by atoms with Gasteiger partial charge < -0.3 is 10.2 Å². The van der Waals surface area contributed by atoms with E-state index in [-0.39, 0.29) is 18.9 Å². The number of piperidine rings is 1. The van der Waals surface area contributed by atoms with Crippen LogP contribution in [0.4, 0.5) is 4.79 Å². The van der Waals surface area contributed by atoms with Crippen LogP contribution in [-0.4, -0.2) is 72.0 Å². The molecule has 28 heavy (non-hydrogen) atoms. The second-order valence-electron chi connectivity index (χ2n) is 7.69. The third kappa shape index (κ3) is 4.37. The third-order valence-electron chi connectivity index (χ3n) is 5.53. The summed E-state index contributed by atoms with van der Waals surface area (Å²) in [5, 5.41) is 3.69. The molecule has 3 fully saturated rings. The number of hydroxylamine groups is 2. The Hall–Kier alpha value is -1.96. The summed E-state index contributed by atoms with van der Waals surface area (Å²) in [6, 6.07) is -2.68. The van der Waals surface area contributed by atoms with Crippen molar-refractivity contribution < 1.29 is 31.6 Å². The van der Waals surface area contributed by atoms with Gasteiger partial charge in [0.1, 0.15) is 6.04 Å². The van der Waals surface area contributed by atoms with E-state index in [0.29, 0.717) is 29.7 Å². The van der Waals surface area contributed by atoms with Gasteiger partial charge in [0.2, 0.25) is 0 Å².